The molecule has 15 heavy (non-hydrogen) atoms. The second kappa shape index (κ2) is 13.4. The van der Waals surface area contributed by atoms with Gasteiger partial charge in [0, 0.05) is 26.7 Å². The monoisotopic (exact) mass is 213 g/mol. The van der Waals surface area contributed by atoms with Crippen LogP contribution in [0.25, 0.3) is 0 Å². The van der Waals surface area contributed by atoms with E-state index in [2.05, 4.69) is 17.2 Å². The molecule has 0 bridgehead atoms. The lowest BCUT2D eigenvalue weighted by Crippen LogP contribution is -2.16. The molecule has 0 heterocycles. The van der Waals surface area contributed by atoms with Crippen LogP contribution >= 0.6 is 0 Å². The highest BCUT2D eigenvalue weighted by Crippen LogP contribution is 1.88. The molecule has 0 aromatic rings. The predicted octanol–water partition coefficient (Wildman–Crippen LogP) is 1.43. The fraction of sp³-hybridized carbons (Fsp3) is 0.833. The van der Waals surface area contributed by atoms with Crippen molar-refractivity contribution in [3.8, 4) is 11.8 Å². The largest absolute Gasteiger partial charge is 0.382 e. The van der Waals surface area contributed by atoms with Crippen LogP contribution in [0, 0.1) is 11.8 Å². The molecule has 0 amide bonds. The number of methoxy groups -OCH3 is 1. The quantitative estimate of drug-likeness (QED) is 0.440. The van der Waals surface area contributed by atoms with Gasteiger partial charge < -0.3 is 14.8 Å². The van der Waals surface area contributed by atoms with E-state index in [0.29, 0.717) is 13.2 Å². The Balaban J connectivity index is 2.88. The van der Waals surface area contributed by atoms with Crippen LogP contribution in [-0.4, -0.2) is 40.0 Å². The van der Waals surface area contributed by atoms with Gasteiger partial charge in [0.2, 0.25) is 0 Å². The van der Waals surface area contributed by atoms with Gasteiger partial charge in [-0.3, -0.25) is 0 Å². The first-order chi connectivity index (χ1) is 7.41. The first kappa shape index (κ1) is 14.4. The lowest BCUT2D eigenvalue weighted by atomic mass is 10.3. The van der Waals surface area contributed by atoms with Gasteiger partial charge in [0.15, 0.2) is 0 Å². The Kier molecular flexibility index (Phi) is 12.9. The second-order valence-corrected chi connectivity index (χ2v) is 3.24. The van der Waals surface area contributed by atoms with Crippen molar-refractivity contribution < 1.29 is 9.47 Å². The van der Waals surface area contributed by atoms with Crippen LogP contribution in [0.15, 0.2) is 0 Å². The van der Waals surface area contributed by atoms with E-state index in [0.717, 1.165) is 39.0 Å². The summed E-state index contributed by atoms with van der Waals surface area (Å²) in [5.74, 6) is 5.90. The third-order valence-electron chi connectivity index (χ3n) is 1.93. The molecule has 0 aliphatic heterocycles. The van der Waals surface area contributed by atoms with E-state index in [4.69, 9.17) is 9.47 Å². The van der Waals surface area contributed by atoms with Crippen molar-refractivity contribution in [2.75, 3.05) is 40.0 Å². The smallest absolute Gasteiger partial charge is 0.0700 e. The first-order valence-corrected chi connectivity index (χ1v) is 5.58. The minimum atomic E-state index is 0.688. The summed E-state index contributed by atoms with van der Waals surface area (Å²) in [6, 6.07) is 0. The third kappa shape index (κ3) is 13.4. The topological polar surface area (TPSA) is 30.5 Å². The summed E-state index contributed by atoms with van der Waals surface area (Å²) in [5.41, 5.74) is 0. The van der Waals surface area contributed by atoms with Crippen LogP contribution in [0.3, 0.4) is 0 Å². The standard InChI is InChI=1S/C12H23NO2/c1-3-4-5-8-13-9-6-7-10-15-12-11-14-2/h13H,5-12H2,1-2H3. The lowest BCUT2D eigenvalue weighted by Gasteiger charge is -2.04. The third-order valence-corrected chi connectivity index (χ3v) is 1.93. The maximum atomic E-state index is 5.34. The van der Waals surface area contributed by atoms with E-state index in [1.54, 1.807) is 7.11 Å². The lowest BCUT2D eigenvalue weighted by molar-refractivity contribution is 0.0688. The molecule has 0 fully saturated rings. The van der Waals surface area contributed by atoms with E-state index < -0.39 is 0 Å². The van der Waals surface area contributed by atoms with Crippen LogP contribution in [0.5, 0.6) is 0 Å². The van der Waals surface area contributed by atoms with Gasteiger partial charge in [0.05, 0.1) is 13.2 Å². The summed E-state index contributed by atoms with van der Waals surface area (Å²) in [7, 11) is 1.69. The molecule has 88 valence electrons. The molecule has 3 nitrogen and oxygen atoms in total. The van der Waals surface area contributed by atoms with Crippen LogP contribution in [0.1, 0.15) is 26.2 Å². The van der Waals surface area contributed by atoms with Crippen molar-refractivity contribution >= 4 is 0 Å². The van der Waals surface area contributed by atoms with Crippen LogP contribution in [0.2, 0.25) is 0 Å². The summed E-state index contributed by atoms with van der Waals surface area (Å²) >= 11 is 0. The van der Waals surface area contributed by atoms with Crippen molar-refractivity contribution in [1.29, 1.82) is 0 Å². The predicted molar refractivity (Wildman–Crippen MR) is 62.9 cm³/mol. The molecule has 0 spiro atoms. The molecule has 0 aromatic heterocycles. The van der Waals surface area contributed by atoms with Gasteiger partial charge in [-0.15, -0.1) is 11.8 Å². The van der Waals surface area contributed by atoms with E-state index in [1.165, 1.54) is 0 Å². The van der Waals surface area contributed by atoms with Gasteiger partial charge in [0.25, 0.3) is 0 Å². The summed E-state index contributed by atoms with van der Waals surface area (Å²) in [6.45, 7) is 6.14. The minimum absolute atomic E-state index is 0.688. The zero-order valence-corrected chi connectivity index (χ0v) is 9.97. The fourth-order valence-corrected chi connectivity index (χ4v) is 1.10. The van der Waals surface area contributed by atoms with Crippen molar-refractivity contribution in [3.05, 3.63) is 0 Å². The summed E-state index contributed by atoms with van der Waals surface area (Å²) < 4.78 is 10.2. The second-order valence-electron chi connectivity index (χ2n) is 3.24. The molecule has 0 rings (SSSR count). The number of rotatable bonds is 10. The molecular formula is C12H23NO2. The highest BCUT2D eigenvalue weighted by molar-refractivity contribution is 4.94. The Morgan fingerprint density at radius 3 is 2.67 bits per heavy atom. The van der Waals surface area contributed by atoms with Gasteiger partial charge in [-0.1, -0.05) is 0 Å². The molecule has 0 aliphatic rings. The number of hydrogen-bond acceptors (Lipinski definition) is 3. The van der Waals surface area contributed by atoms with Crippen molar-refractivity contribution in [1.82, 2.24) is 5.32 Å². The molecule has 0 radical (unpaired) electrons. The molecule has 0 aromatic carbocycles. The molecule has 0 atom stereocenters. The van der Waals surface area contributed by atoms with Gasteiger partial charge in [-0.2, -0.15) is 0 Å². The van der Waals surface area contributed by atoms with Gasteiger partial charge in [-0.25, -0.2) is 0 Å². The Bertz CT molecular complexity index is 172. The van der Waals surface area contributed by atoms with Crippen molar-refractivity contribution in [2.24, 2.45) is 0 Å². The van der Waals surface area contributed by atoms with Crippen LogP contribution < -0.4 is 5.32 Å². The Morgan fingerprint density at radius 1 is 1.07 bits per heavy atom. The average molecular weight is 213 g/mol. The number of hydrogen-bond donors (Lipinski definition) is 1. The summed E-state index contributed by atoms with van der Waals surface area (Å²) in [5, 5.41) is 3.34. The Morgan fingerprint density at radius 2 is 1.93 bits per heavy atom. The number of unbranched alkanes of at least 4 members (excludes halogenated alkanes) is 1. The average Bonchev–Trinajstić information content (AvgIpc) is 2.26. The summed E-state index contributed by atoms with van der Waals surface area (Å²) in [6.07, 6.45) is 3.21. The zero-order chi connectivity index (χ0) is 11.2. The molecule has 0 saturated heterocycles. The van der Waals surface area contributed by atoms with Crippen LogP contribution in [0.4, 0.5) is 0 Å². The number of nitrogens with one attached hydrogen (secondary N) is 1. The Hall–Kier alpha value is -0.560. The minimum Gasteiger partial charge on any atom is -0.382 e. The maximum Gasteiger partial charge on any atom is 0.0700 e. The fourth-order valence-electron chi connectivity index (χ4n) is 1.10. The van der Waals surface area contributed by atoms with Crippen molar-refractivity contribution in [2.45, 2.75) is 26.2 Å². The van der Waals surface area contributed by atoms with E-state index in [-0.39, 0.29) is 0 Å². The van der Waals surface area contributed by atoms with E-state index in [1.807, 2.05) is 6.92 Å². The zero-order valence-electron chi connectivity index (χ0n) is 9.97. The molecule has 3 heteroatoms. The van der Waals surface area contributed by atoms with E-state index in [9.17, 15) is 0 Å². The van der Waals surface area contributed by atoms with Gasteiger partial charge >= 0.3 is 0 Å². The van der Waals surface area contributed by atoms with Gasteiger partial charge in [-0.05, 0) is 26.3 Å². The van der Waals surface area contributed by atoms with Crippen molar-refractivity contribution in [3.63, 3.8) is 0 Å². The highest BCUT2D eigenvalue weighted by Gasteiger charge is 1.90. The van der Waals surface area contributed by atoms with Gasteiger partial charge in [0.1, 0.15) is 0 Å². The normalized spacial score (nSPS) is 9.73. The SMILES string of the molecule is CC#CCCNCCCCOCCOC. The molecule has 0 unspecified atom stereocenters. The van der Waals surface area contributed by atoms with E-state index >= 15 is 0 Å². The maximum absolute atomic E-state index is 5.34. The number of ether oxygens (including phenoxy) is 2. The first-order valence-electron chi connectivity index (χ1n) is 5.58. The summed E-state index contributed by atoms with van der Waals surface area (Å²) in [4.78, 5) is 0. The Labute approximate surface area is 93.5 Å². The highest BCUT2D eigenvalue weighted by atomic mass is 16.5. The molecule has 1 N–H and O–H groups in total. The molecule has 0 aliphatic carbocycles. The van der Waals surface area contributed by atoms with Crippen LogP contribution in [-0.2, 0) is 9.47 Å². The molecule has 0 saturated carbocycles. The molecular weight excluding hydrogens is 190 g/mol.